The molecule has 0 aliphatic heterocycles. The summed E-state index contributed by atoms with van der Waals surface area (Å²) in [5.41, 5.74) is 0. The van der Waals surface area contributed by atoms with Gasteiger partial charge in [-0.25, -0.2) is 0 Å². The van der Waals surface area contributed by atoms with Crippen molar-refractivity contribution in [3.05, 3.63) is 27.0 Å². The second-order valence-electron chi connectivity index (χ2n) is 2.35. The van der Waals surface area contributed by atoms with Crippen LogP contribution in [0.3, 0.4) is 0 Å². The number of benzene rings is 1. The summed E-state index contributed by atoms with van der Waals surface area (Å²) in [5.74, 6) is 0. The number of thiol groups is 1. The molecular formula is C8H4BrClS2. The molecule has 1 heterocycles. The largest absolute Gasteiger partial charge is 0.143 e. The van der Waals surface area contributed by atoms with E-state index < -0.39 is 0 Å². The lowest BCUT2D eigenvalue weighted by molar-refractivity contribution is 1.49. The van der Waals surface area contributed by atoms with Crippen molar-refractivity contribution in [3.63, 3.8) is 0 Å². The van der Waals surface area contributed by atoms with E-state index in [9.17, 15) is 0 Å². The average molecular weight is 280 g/mol. The fourth-order valence-corrected chi connectivity index (χ4v) is 3.23. The molecule has 12 heavy (non-hydrogen) atoms. The van der Waals surface area contributed by atoms with Gasteiger partial charge in [-0.05, 0) is 33.4 Å². The maximum absolute atomic E-state index is 6.01. The Kier molecular flexibility index (Phi) is 2.38. The van der Waals surface area contributed by atoms with Crippen LogP contribution in [-0.2, 0) is 0 Å². The molecule has 0 unspecified atom stereocenters. The lowest BCUT2D eigenvalue weighted by atomic mass is 10.3. The third-order valence-electron chi connectivity index (χ3n) is 1.61. The van der Waals surface area contributed by atoms with Crippen LogP contribution in [0, 0.1) is 0 Å². The molecule has 0 N–H and O–H groups in total. The first kappa shape index (κ1) is 8.88. The Morgan fingerprint density at radius 2 is 2.25 bits per heavy atom. The summed E-state index contributed by atoms with van der Waals surface area (Å²) < 4.78 is 2.19. The fraction of sp³-hybridized carbons (Fsp3) is 0. The van der Waals surface area contributed by atoms with Gasteiger partial charge in [0.25, 0.3) is 0 Å². The van der Waals surface area contributed by atoms with E-state index in [2.05, 4.69) is 28.6 Å². The summed E-state index contributed by atoms with van der Waals surface area (Å²) >= 11 is 15.4. The minimum absolute atomic E-state index is 0.763. The Morgan fingerprint density at radius 3 is 3.00 bits per heavy atom. The number of halogens is 2. The van der Waals surface area contributed by atoms with Gasteiger partial charge in [0.1, 0.15) is 0 Å². The van der Waals surface area contributed by atoms with Gasteiger partial charge in [0.15, 0.2) is 0 Å². The molecule has 0 aliphatic rings. The van der Waals surface area contributed by atoms with Crippen LogP contribution in [0.1, 0.15) is 0 Å². The minimum atomic E-state index is 0.763. The van der Waals surface area contributed by atoms with Crippen LogP contribution < -0.4 is 0 Å². The topological polar surface area (TPSA) is 0 Å². The van der Waals surface area contributed by atoms with Crippen LogP contribution in [0.15, 0.2) is 26.9 Å². The molecule has 0 spiro atoms. The Labute approximate surface area is 93.1 Å². The van der Waals surface area contributed by atoms with E-state index in [4.69, 9.17) is 11.6 Å². The zero-order chi connectivity index (χ0) is 8.72. The van der Waals surface area contributed by atoms with Crippen LogP contribution >= 0.6 is 51.5 Å². The third-order valence-corrected chi connectivity index (χ3v) is 4.60. The van der Waals surface area contributed by atoms with Gasteiger partial charge in [0, 0.05) is 14.8 Å². The van der Waals surface area contributed by atoms with Crippen LogP contribution in [-0.4, -0.2) is 0 Å². The van der Waals surface area contributed by atoms with Gasteiger partial charge >= 0.3 is 0 Å². The van der Waals surface area contributed by atoms with E-state index >= 15 is 0 Å². The SMILES string of the molecule is Sc1cc(Cl)c2ccsc2c1Br. The second kappa shape index (κ2) is 3.22. The van der Waals surface area contributed by atoms with Crippen molar-refractivity contribution < 1.29 is 0 Å². The Bertz CT molecular complexity index is 436. The highest BCUT2D eigenvalue weighted by Crippen LogP contribution is 2.38. The van der Waals surface area contributed by atoms with Gasteiger partial charge in [-0.2, -0.15) is 0 Å². The summed E-state index contributed by atoms with van der Waals surface area (Å²) in [4.78, 5) is 0.884. The molecule has 0 nitrogen and oxygen atoms in total. The average Bonchev–Trinajstić information content (AvgIpc) is 2.48. The summed E-state index contributed by atoms with van der Waals surface area (Å²) in [6.45, 7) is 0. The molecule has 4 heteroatoms. The standard InChI is InChI=1S/C8H4BrClS2/c9-7-6(11)3-5(10)4-1-2-12-8(4)7/h1-3,11H. The number of fused-ring (bicyclic) bond motifs is 1. The molecule has 0 saturated heterocycles. The first-order valence-corrected chi connectivity index (χ1v) is 5.74. The predicted molar refractivity (Wildman–Crippen MR) is 61.8 cm³/mol. The predicted octanol–water partition coefficient (Wildman–Crippen LogP) is 4.61. The third kappa shape index (κ3) is 1.29. The van der Waals surface area contributed by atoms with E-state index in [0.29, 0.717) is 0 Å². The van der Waals surface area contributed by atoms with Crippen molar-refractivity contribution in [1.82, 2.24) is 0 Å². The van der Waals surface area contributed by atoms with Gasteiger partial charge in [-0.15, -0.1) is 24.0 Å². The summed E-state index contributed by atoms with van der Waals surface area (Å²) in [6.07, 6.45) is 0. The monoisotopic (exact) mass is 278 g/mol. The van der Waals surface area contributed by atoms with Crippen molar-refractivity contribution in [2.45, 2.75) is 4.90 Å². The van der Waals surface area contributed by atoms with E-state index in [-0.39, 0.29) is 0 Å². The number of rotatable bonds is 0. The lowest BCUT2D eigenvalue weighted by Crippen LogP contribution is -1.72. The normalized spacial score (nSPS) is 10.9. The van der Waals surface area contributed by atoms with Gasteiger partial charge in [0.05, 0.1) is 9.72 Å². The molecule has 0 aliphatic carbocycles. The van der Waals surface area contributed by atoms with Crippen molar-refractivity contribution in [3.8, 4) is 0 Å². The molecule has 2 rings (SSSR count). The molecule has 0 amide bonds. The molecule has 0 fully saturated rings. The molecule has 0 radical (unpaired) electrons. The Balaban J connectivity index is 2.97. The minimum Gasteiger partial charge on any atom is -0.143 e. The van der Waals surface area contributed by atoms with Crippen LogP contribution in [0.5, 0.6) is 0 Å². The summed E-state index contributed by atoms with van der Waals surface area (Å²) in [5, 5.41) is 3.87. The van der Waals surface area contributed by atoms with Crippen molar-refractivity contribution in [2.24, 2.45) is 0 Å². The highest BCUT2D eigenvalue weighted by atomic mass is 79.9. The zero-order valence-electron chi connectivity index (χ0n) is 5.84. The molecule has 0 saturated carbocycles. The first-order valence-electron chi connectivity index (χ1n) is 3.24. The van der Waals surface area contributed by atoms with E-state index in [1.54, 1.807) is 11.3 Å². The van der Waals surface area contributed by atoms with Crippen LogP contribution in [0.2, 0.25) is 5.02 Å². The summed E-state index contributed by atoms with van der Waals surface area (Å²) in [7, 11) is 0. The molecule has 0 bridgehead atoms. The molecule has 1 aromatic carbocycles. The van der Waals surface area contributed by atoms with Gasteiger partial charge in [-0.3, -0.25) is 0 Å². The van der Waals surface area contributed by atoms with E-state index in [1.165, 1.54) is 0 Å². The highest BCUT2D eigenvalue weighted by Gasteiger charge is 2.07. The Hall–Kier alpha value is 0.300. The number of hydrogen-bond acceptors (Lipinski definition) is 2. The highest BCUT2D eigenvalue weighted by molar-refractivity contribution is 9.10. The summed E-state index contributed by atoms with van der Waals surface area (Å²) in [6, 6.07) is 3.87. The van der Waals surface area contributed by atoms with Gasteiger partial charge < -0.3 is 0 Å². The van der Waals surface area contributed by atoms with E-state index in [1.807, 2.05) is 17.5 Å². The van der Waals surface area contributed by atoms with E-state index in [0.717, 1.165) is 24.5 Å². The van der Waals surface area contributed by atoms with Crippen molar-refractivity contribution >= 4 is 61.6 Å². The van der Waals surface area contributed by atoms with Crippen molar-refractivity contribution in [1.29, 1.82) is 0 Å². The maximum atomic E-state index is 6.01. The van der Waals surface area contributed by atoms with Gasteiger partial charge in [0.2, 0.25) is 0 Å². The fourth-order valence-electron chi connectivity index (χ4n) is 1.04. The second-order valence-corrected chi connectivity index (χ2v) is 4.95. The lowest BCUT2D eigenvalue weighted by Gasteiger charge is -2.00. The molecule has 0 atom stereocenters. The van der Waals surface area contributed by atoms with Crippen LogP contribution in [0.4, 0.5) is 0 Å². The number of thiophene rings is 1. The molecule has 62 valence electrons. The van der Waals surface area contributed by atoms with Crippen LogP contribution in [0.25, 0.3) is 10.1 Å². The molecular weight excluding hydrogens is 276 g/mol. The number of hydrogen-bond donors (Lipinski definition) is 1. The van der Waals surface area contributed by atoms with Crippen molar-refractivity contribution in [2.75, 3.05) is 0 Å². The first-order chi connectivity index (χ1) is 5.70. The quantitative estimate of drug-likeness (QED) is 0.669. The molecule has 2 aromatic rings. The zero-order valence-corrected chi connectivity index (χ0v) is 9.90. The Morgan fingerprint density at radius 1 is 1.50 bits per heavy atom. The smallest absolute Gasteiger partial charge is 0.0511 e. The maximum Gasteiger partial charge on any atom is 0.0511 e. The molecule has 1 aromatic heterocycles. The van der Waals surface area contributed by atoms with Gasteiger partial charge in [-0.1, -0.05) is 11.6 Å².